The molecule has 3 heteroatoms. The number of hydrogen-bond donors (Lipinski definition) is 1. The van der Waals surface area contributed by atoms with E-state index in [2.05, 4.69) is 17.1 Å². The van der Waals surface area contributed by atoms with Crippen molar-refractivity contribution in [1.29, 1.82) is 0 Å². The zero-order valence-electron chi connectivity index (χ0n) is 10.1. The first-order valence-electron chi connectivity index (χ1n) is 6.18. The van der Waals surface area contributed by atoms with E-state index in [1.807, 2.05) is 7.11 Å². The Balaban J connectivity index is 1.80. The minimum atomic E-state index is 0.482. The van der Waals surface area contributed by atoms with Crippen molar-refractivity contribution in [3.05, 3.63) is 0 Å². The van der Waals surface area contributed by atoms with Crippen LogP contribution < -0.4 is 5.32 Å². The molecule has 0 bridgehead atoms. The van der Waals surface area contributed by atoms with Gasteiger partial charge in [0.25, 0.3) is 0 Å². The molecule has 2 heterocycles. The quantitative estimate of drug-likeness (QED) is 0.758. The van der Waals surface area contributed by atoms with Gasteiger partial charge >= 0.3 is 0 Å². The van der Waals surface area contributed by atoms with Gasteiger partial charge in [-0.25, -0.2) is 0 Å². The lowest BCUT2D eigenvalue weighted by Gasteiger charge is -2.37. The topological polar surface area (TPSA) is 24.5 Å². The van der Waals surface area contributed by atoms with Crippen LogP contribution in [0.2, 0.25) is 0 Å². The van der Waals surface area contributed by atoms with Crippen LogP contribution in [0.25, 0.3) is 0 Å². The number of ether oxygens (including phenoxy) is 1. The molecule has 0 saturated carbocycles. The summed E-state index contributed by atoms with van der Waals surface area (Å²) in [5, 5.41) is 3.44. The molecule has 1 atom stereocenters. The highest BCUT2D eigenvalue weighted by molar-refractivity contribution is 4.86. The number of nitrogens with zero attached hydrogens (tertiary/aromatic N) is 1. The van der Waals surface area contributed by atoms with Crippen molar-refractivity contribution in [3.63, 3.8) is 0 Å². The van der Waals surface area contributed by atoms with E-state index in [1.165, 1.54) is 45.4 Å². The van der Waals surface area contributed by atoms with E-state index in [9.17, 15) is 0 Å². The zero-order valence-corrected chi connectivity index (χ0v) is 10.1. The van der Waals surface area contributed by atoms with Gasteiger partial charge < -0.3 is 15.0 Å². The summed E-state index contributed by atoms with van der Waals surface area (Å²) in [5.74, 6) is 0. The van der Waals surface area contributed by atoms with Crippen molar-refractivity contribution in [2.75, 3.05) is 39.8 Å². The van der Waals surface area contributed by atoms with Crippen molar-refractivity contribution in [2.24, 2.45) is 5.41 Å². The van der Waals surface area contributed by atoms with Crippen LogP contribution >= 0.6 is 0 Å². The van der Waals surface area contributed by atoms with Gasteiger partial charge in [0, 0.05) is 26.7 Å². The van der Waals surface area contributed by atoms with Gasteiger partial charge in [0.05, 0.1) is 6.10 Å². The molecule has 2 aliphatic rings. The first-order valence-corrected chi connectivity index (χ1v) is 6.18. The fourth-order valence-corrected chi connectivity index (χ4v) is 2.86. The lowest BCUT2D eigenvalue weighted by molar-refractivity contribution is 0.0928. The lowest BCUT2D eigenvalue weighted by Crippen LogP contribution is -2.42. The molecule has 0 aromatic rings. The summed E-state index contributed by atoms with van der Waals surface area (Å²) in [6, 6.07) is 0. The van der Waals surface area contributed by atoms with Gasteiger partial charge in [-0.3, -0.25) is 0 Å². The second-order valence-electron chi connectivity index (χ2n) is 5.44. The minimum absolute atomic E-state index is 0.482. The molecule has 15 heavy (non-hydrogen) atoms. The average molecular weight is 212 g/mol. The molecule has 3 nitrogen and oxygen atoms in total. The number of rotatable bonds is 3. The van der Waals surface area contributed by atoms with Crippen molar-refractivity contribution in [3.8, 4) is 0 Å². The summed E-state index contributed by atoms with van der Waals surface area (Å²) < 4.78 is 5.41. The third-order valence-corrected chi connectivity index (χ3v) is 3.98. The smallest absolute Gasteiger partial charge is 0.0710 e. The maximum absolute atomic E-state index is 5.41. The Morgan fingerprint density at radius 2 is 2.13 bits per heavy atom. The van der Waals surface area contributed by atoms with Crippen LogP contribution in [-0.2, 0) is 4.74 Å². The molecule has 2 fully saturated rings. The molecular weight excluding hydrogens is 188 g/mol. The standard InChI is InChI=1S/C12H24N2O/c1-12(4-6-13-7-5-12)10-14-8-3-11(9-14)15-2/h11,13H,3-10H2,1-2H3. The predicted octanol–water partition coefficient (Wildman–Crippen LogP) is 1.10. The molecule has 88 valence electrons. The van der Waals surface area contributed by atoms with Gasteiger partial charge in [-0.05, 0) is 37.8 Å². The van der Waals surface area contributed by atoms with E-state index in [1.54, 1.807) is 0 Å². The fourth-order valence-electron chi connectivity index (χ4n) is 2.86. The number of likely N-dealkylation sites (tertiary alicyclic amines) is 1. The number of methoxy groups -OCH3 is 1. The number of hydrogen-bond acceptors (Lipinski definition) is 3. The van der Waals surface area contributed by atoms with Gasteiger partial charge in [-0.15, -0.1) is 0 Å². The third kappa shape index (κ3) is 2.92. The summed E-state index contributed by atoms with van der Waals surface area (Å²) in [4.78, 5) is 2.58. The highest BCUT2D eigenvalue weighted by Crippen LogP contribution is 2.30. The molecule has 0 spiro atoms. The Kier molecular flexibility index (Phi) is 3.65. The Labute approximate surface area is 93.2 Å². The lowest BCUT2D eigenvalue weighted by atomic mass is 9.80. The average Bonchev–Trinajstić information content (AvgIpc) is 2.66. The molecular formula is C12H24N2O. The summed E-state index contributed by atoms with van der Waals surface area (Å²) in [5.41, 5.74) is 0.536. The van der Waals surface area contributed by atoms with Gasteiger partial charge in [0.15, 0.2) is 0 Å². The van der Waals surface area contributed by atoms with Crippen LogP contribution in [0.15, 0.2) is 0 Å². The fraction of sp³-hybridized carbons (Fsp3) is 1.00. The van der Waals surface area contributed by atoms with Crippen molar-refractivity contribution in [2.45, 2.75) is 32.3 Å². The molecule has 0 amide bonds. The monoisotopic (exact) mass is 212 g/mol. The van der Waals surface area contributed by atoms with E-state index in [0.717, 1.165) is 6.54 Å². The highest BCUT2D eigenvalue weighted by atomic mass is 16.5. The maximum Gasteiger partial charge on any atom is 0.0710 e. The van der Waals surface area contributed by atoms with Gasteiger partial charge in [0.1, 0.15) is 0 Å². The summed E-state index contributed by atoms with van der Waals surface area (Å²) in [6.45, 7) is 8.44. The summed E-state index contributed by atoms with van der Waals surface area (Å²) in [7, 11) is 1.83. The van der Waals surface area contributed by atoms with Crippen LogP contribution in [0.4, 0.5) is 0 Å². The van der Waals surface area contributed by atoms with Gasteiger partial charge in [-0.1, -0.05) is 6.92 Å². The summed E-state index contributed by atoms with van der Waals surface area (Å²) in [6.07, 6.45) is 4.34. The van der Waals surface area contributed by atoms with Gasteiger partial charge in [0.2, 0.25) is 0 Å². The van der Waals surface area contributed by atoms with Crippen LogP contribution in [0, 0.1) is 5.41 Å². The molecule has 1 N–H and O–H groups in total. The predicted molar refractivity (Wildman–Crippen MR) is 62.1 cm³/mol. The third-order valence-electron chi connectivity index (χ3n) is 3.98. The number of piperidine rings is 1. The molecule has 2 rings (SSSR count). The van der Waals surface area contributed by atoms with Crippen LogP contribution in [0.5, 0.6) is 0 Å². The Bertz CT molecular complexity index is 202. The van der Waals surface area contributed by atoms with E-state index < -0.39 is 0 Å². The van der Waals surface area contributed by atoms with Crippen molar-refractivity contribution in [1.82, 2.24) is 10.2 Å². The van der Waals surface area contributed by atoms with Gasteiger partial charge in [-0.2, -0.15) is 0 Å². The van der Waals surface area contributed by atoms with E-state index in [4.69, 9.17) is 4.74 Å². The second kappa shape index (κ2) is 4.81. The van der Waals surface area contributed by atoms with Crippen LogP contribution in [0.1, 0.15) is 26.2 Å². The van der Waals surface area contributed by atoms with E-state index >= 15 is 0 Å². The van der Waals surface area contributed by atoms with Crippen molar-refractivity contribution < 1.29 is 4.74 Å². The van der Waals surface area contributed by atoms with E-state index in [-0.39, 0.29) is 0 Å². The van der Waals surface area contributed by atoms with Crippen LogP contribution in [0.3, 0.4) is 0 Å². The Hall–Kier alpha value is -0.120. The normalized spacial score (nSPS) is 32.0. The molecule has 0 aliphatic carbocycles. The Morgan fingerprint density at radius 3 is 2.73 bits per heavy atom. The molecule has 2 saturated heterocycles. The molecule has 0 aromatic carbocycles. The second-order valence-corrected chi connectivity index (χ2v) is 5.44. The SMILES string of the molecule is COC1CCN(CC2(C)CCNCC2)C1. The van der Waals surface area contributed by atoms with E-state index in [0.29, 0.717) is 11.5 Å². The maximum atomic E-state index is 5.41. The summed E-state index contributed by atoms with van der Waals surface area (Å²) >= 11 is 0. The first-order chi connectivity index (χ1) is 7.22. The molecule has 0 aromatic heterocycles. The van der Waals surface area contributed by atoms with Crippen molar-refractivity contribution >= 4 is 0 Å². The van der Waals surface area contributed by atoms with Crippen LogP contribution in [-0.4, -0.2) is 50.8 Å². The highest BCUT2D eigenvalue weighted by Gasteiger charge is 2.32. The number of nitrogens with one attached hydrogen (secondary N) is 1. The molecule has 1 unspecified atom stereocenters. The molecule has 0 radical (unpaired) electrons. The Morgan fingerprint density at radius 1 is 1.40 bits per heavy atom. The first kappa shape index (κ1) is 11.4. The molecule has 2 aliphatic heterocycles. The zero-order chi connectivity index (χ0) is 10.7. The minimum Gasteiger partial charge on any atom is -0.380 e. The largest absolute Gasteiger partial charge is 0.380 e.